The average molecular weight is 121 g/mol. The minimum atomic E-state index is 0.683. The molecule has 0 saturated carbocycles. The minimum Gasteiger partial charge on any atom is -0.488 e. The summed E-state index contributed by atoms with van der Waals surface area (Å²) in [5, 5.41) is 0. The van der Waals surface area contributed by atoms with E-state index in [0.29, 0.717) is 6.61 Å². The maximum Gasteiger partial charge on any atom is 0.128 e. The van der Waals surface area contributed by atoms with Crippen LogP contribution < -0.4 is 10.5 Å². The number of benzene rings is 1. The fraction of sp³-hybridized carbons (Fsp3) is 0.143. The highest BCUT2D eigenvalue weighted by Crippen LogP contribution is 2.32. The Morgan fingerprint density at radius 3 is 2.78 bits per heavy atom. The first-order valence-electron chi connectivity index (χ1n) is 2.88. The van der Waals surface area contributed by atoms with Crippen LogP contribution in [0, 0.1) is 0 Å². The summed E-state index contributed by atoms with van der Waals surface area (Å²) in [6.07, 6.45) is 0. The van der Waals surface area contributed by atoms with Crippen LogP contribution in [0.3, 0.4) is 0 Å². The van der Waals surface area contributed by atoms with Crippen LogP contribution in [-0.2, 0) is 6.61 Å². The van der Waals surface area contributed by atoms with Gasteiger partial charge in [0.1, 0.15) is 12.4 Å². The first kappa shape index (κ1) is 4.68. The van der Waals surface area contributed by atoms with E-state index < -0.39 is 0 Å². The first-order chi connectivity index (χ1) is 4.38. The molecule has 0 fully saturated rings. The normalized spacial score (nSPS) is 13.3. The molecular weight excluding hydrogens is 114 g/mol. The summed E-state index contributed by atoms with van der Waals surface area (Å²) in [5.41, 5.74) is 7.59. The molecule has 1 aliphatic heterocycles. The molecule has 1 heterocycles. The molecule has 0 aliphatic carbocycles. The van der Waals surface area contributed by atoms with Gasteiger partial charge in [0.05, 0.1) is 5.56 Å². The van der Waals surface area contributed by atoms with Gasteiger partial charge in [-0.3, -0.25) is 0 Å². The number of fused-ring (bicyclic) bond motifs is 1. The van der Waals surface area contributed by atoms with Gasteiger partial charge in [0, 0.05) is 5.69 Å². The van der Waals surface area contributed by atoms with Gasteiger partial charge in [-0.25, -0.2) is 0 Å². The number of nitrogens with two attached hydrogens (primary N) is 1. The van der Waals surface area contributed by atoms with Crippen LogP contribution in [0.2, 0.25) is 0 Å². The van der Waals surface area contributed by atoms with E-state index in [-0.39, 0.29) is 0 Å². The molecule has 0 bridgehead atoms. The lowest BCUT2D eigenvalue weighted by atomic mass is 10.1. The lowest BCUT2D eigenvalue weighted by Gasteiger charge is -2.21. The zero-order valence-corrected chi connectivity index (χ0v) is 4.92. The summed E-state index contributed by atoms with van der Waals surface area (Å²) in [7, 11) is 0. The Kier molecular flexibility index (Phi) is 0.730. The van der Waals surface area contributed by atoms with Gasteiger partial charge in [0.2, 0.25) is 0 Å². The van der Waals surface area contributed by atoms with Crippen LogP contribution in [0.5, 0.6) is 5.75 Å². The van der Waals surface area contributed by atoms with Gasteiger partial charge in [-0.1, -0.05) is 6.07 Å². The molecule has 0 saturated heterocycles. The molecule has 2 rings (SSSR count). The molecule has 2 nitrogen and oxygen atoms in total. The summed E-state index contributed by atoms with van der Waals surface area (Å²) in [5.74, 6) is 0.940. The monoisotopic (exact) mass is 121 g/mol. The lowest BCUT2D eigenvalue weighted by molar-refractivity contribution is 0.244. The number of hydrogen-bond acceptors (Lipinski definition) is 2. The summed E-state index contributed by atoms with van der Waals surface area (Å²) in [6, 6.07) is 5.71. The van der Waals surface area contributed by atoms with Crippen molar-refractivity contribution in [2.45, 2.75) is 6.61 Å². The van der Waals surface area contributed by atoms with Gasteiger partial charge in [-0.05, 0) is 12.1 Å². The molecule has 1 aromatic carbocycles. The predicted octanol–water partition coefficient (Wildman–Crippen LogP) is 1.16. The molecule has 0 atom stereocenters. The molecule has 1 aromatic rings. The number of nitrogen functional groups attached to an aromatic ring is 1. The van der Waals surface area contributed by atoms with E-state index in [1.807, 2.05) is 18.2 Å². The Hall–Kier alpha value is -1.18. The van der Waals surface area contributed by atoms with Crippen LogP contribution >= 0.6 is 0 Å². The summed E-state index contributed by atoms with van der Waals surface area (Å²) >= 11 is 0. The van der Waals surface area contributed by atoms with E-state index in [4.69, 9.17) is 10.5 Å². The third-order valence-corrected chi connectivity index (χ3v) is 1.54. The second-order valence-electron chi connectivity index (χ2n) is 2.11. The second-order valence-corrected chi connectivity index (χ2v) is 2.11. The van der Waals surface area contributed by atoms with Gasteiger partial charge in [0.25, 0.3) is 0 Å². The Bertz CT molecular complexity index is 230. The van der Waals surface area contributed by atoms with Crippen molar-refractivity contribution in [2.24, 2.45) is 0 Å². The summed E-state index contributed by atoms with van der Waals surface area (Å²) < 4.78 is 5.08. The van der Waals surface area contributed by atoms with Crippen LogP contribution in [0.15, 0.2) is 18.2 Å². The first-order valence-corrected chi connectivity index (χ1v) is 2.88. The highest BCUT2D eigenvalue weighted by atomic mass is 16.5. The zero-order valence-electron chi connectivity index (χ0n) is 4.92. The quantitative estimate of drug-likeness (QED) is 0.523. The molecule has 46 valence electrons. The van der Waals surface area contributed by atoms with Gasteiger partial charge in [-0.2, -0.15) is 0 Å². The predicted molar refractivity (Wildman–Crippen MR) is 35.2 cm³/mol. The van der Waals surface area contributed by atoms with E-state index in [9.17, 15) is 0 Å². The van der Waals surface area contributed by atoms with Gasteiger partial charge in [-0.15, -0.1) is 0 Å². The number of rotatable bonds is 0. The van der Waals surface area contributed by atoms with Crippen molar-refractivity contribution in [1.29, 1.82) is 0 Å². The summed E-state index contributed by atoms with van der Waals surface area (Å²) in [4.78, 5) is 0. The smallest absolute Gasteiger partial charge is 0.128 e. The maximum atomic E-state index is 5.59. The van der Waals surface area contributed by atoms with E-state index in [1.165, 1.54) is 0 Å². The van der Waals surface area contributed by atoms with Crippen molar-refractivity contribution in [3.63, 3.8) is 0 Å². The van der Waals surface area contributed by atoms with Gasteiger partial charge >= 0.3 is 0 Å². The topological polar surface area (TPSA) is 35.2 Å². The molecule has 2 N–H and O–H groups in total. The van der Waals surface area contributed by atoms with Crippen molar-refractivity contribution in [3.8, 4) is 5.75 Å². The molecule has 0 spiro atoms. The number of anilines is 1. The summed E-state index contributed by atoms with van der Waals surface area (Å²) in [6.45, 7) is 0.683. The van der Waals surface area contributed by atoms with Crippen molar-refractivity contribution >= 4 is 5.69 Å². The van der Waals surface area contributed by atoms with Crippen LogP contribution in [0.25, 0.3) is 0 Å². The van der Waals surface area contributed by atoms with Crippen molar-refractivity contribution in [2.75, 3.05) is 5.73 Å². The van der Waals surface area contributed by atoms with E-state index in [1.54, 1.807) is 0 Å². The Morgan fingerprint density at radius 1 is 1.44 bits per heavy atom. The Balaban J connectivity index is 2.64. The van der Waals surface area contributed by atoms with E-state index in [2.05, 4.69) is 0 Å². The largest absolute Gasteiger partial charge is 0.488 e. The fourth-order valence-corrected chi connectivity index (χ4v) is 0.942. The number of hydrogen-bond donors (Lipinski definition) is 1. The second kappa shape index (κ2) is 1.41. The van der Waals surface area contributed by atoms with Crippen molar-refractivity contribution < 1.29 is 4.74 Å². The van der Waals surface area contributed by atoms with Crippen LogP contribution in [0.1, 0.15) is 5.56 Å². The van der Waals surface area contributed by atoms with Crippen LogP contribution in [-0.4, -0.2) is 0 Å². The third-order valence-electron chi connectivity index (χ3n) is 1.54. The van der Waals surface area contributed by atoms with E-state index >= 15 is 0 Å². The number of ether oxygens (including phenoxy) is 1. The fourth-order valence-electron chi connectivity index (χ4n) is 0.942. The SMILES string of the molecule is Nc1cccc2c1CO2. The van der Waals surface area contributed by atoms with Crippen LogP contribution in [0.4, 0.5) is 5.69 Å². The highest BCUT2D eigenvalue weighted by Gasteiger charge is 2.15. The Labute approximate surface area is 53.2 Å². The van der Waals surface area contributed by atoms with Gasteiger partial charge < -0.3 is 10.5 Å². The molecule has 0 unspecified atom stereocenters. The van der Waals surface area contributed by atoms with Gasteiger partial charge in [0.15, 0.2) is 0 Å². The molecule has 2 heteroatoms. The molecule has 0 aromatic heterocycles. The Morgan fingerprint density at radius 2 is 2.33 bits per heavy atom. The average Bonchev–Trinajstić information content (AvgIpc) is 1.74. The standard InChI is InChI=1S/C7H7NO/c8-6-2-1-3-7-5(6)4-9-7/h1-3H,4,8H2. The molecule has 0 amide bonds. The third kappa shape index (κ3) is 0.499. The molecule has 9 heavy (non-hydrogen) atoms. The minimum absolute atomic E-state index is 0.683. The van der Waals surface area contributed by atoms with Crippen molar-refractivity contribution in [3.05, 3.63) is 23.8 Å². The zero-order chi connectivity index (χ0) is 6.27. The lowest BCUT2D eigenvalue weighted by Crippen LogP contribution is -2.11. The molecular formula is C7H7NO. The van der Waals surface area contributed by atoms with E-state index in [0.717, 1.165) is 17.0 Å². The van der Waals surface area contributed by atoms with Crippen molar-refractivity contribution in [1.82, 2.24) is 0 Å². The molecule has 1 aliphatic rings. The maximum absolute atomic E-state index is 5.59. The molecule has 0 radical (unpaired) electrons. The highest BCUT2D eigenvalue weighted by molar-refractivity contribution is 5.56.